The van der Waals surface area contributed by atoms with Gasteiger partial charge in [0.05, 0.1) is 16.2 Å². The molecule has 104 valence electrons. The quantitative estimate of drug-likeness (QED) is 0.942. The molecule has 2 rings (SSSR count). The summed E-state index contributed by atoms with van der Waals surface area (Å²) in [7, 11) is -3.61. The number of carboxylic acids is 1. The standard InChI is InChI=1S/C14H11ClO4S/c15-11-3-7-13(8-4-11)20(18,19)12-5-1-10(2-6-12)9-14(16)17/h1-8H,9H2,(H,16,17). The molecule has 20 heavy (non-hydrogen) atoms. The fourth-order valence-corrected chi connectivity index (χ4v) is 3.10. The third kappa shape index (κ3) is 3.18. The van der Waals surface area contributed by atoms with Gasteiger partial charge in [0.15, 0.2) is 0 Å². The number of benzene rings is 2. The highest BCUT2D eigenvalue weighted by Gasteiger charge is 2.17. The van der Waals surface area contributed by atoms with Crippen molar-refractivity contribution < 1.29 is 18.3 Å². The zero-order valence-corrected chi connectivity index (χ0v) is 11.9. The van der Waals surface area contributed by atoms with E-state index in [1.165, 1.54) is 48.5 Å². The zero-order chi connectivity index (χ0) is 14.8. The lowest BCUT2D eigenvalue weighted by atomic mass is 10.2. The Morgan fingerprint density at radius 1 is 0.950 bits per heavy atom. The lowest BCUT2D eigenvalue weighted by molar-refractivity contribution is -0.136. The molecule has 0 aliphatic carbocycles. The summed E-state index contributed by atoms with van der Waals surface area (Å²) < 4.78 is 24.6. The van der Waals surface area contributed by atoms with Crippen LogP contribution in [0.15, 0.2) is 58.3 Å². The van der Waals surface area contributed by atoms with E-state index in [4.69, 9.17) is 16.7 Å². The van der Waals surface area contributed by atoms with Gasteiger partial charge in [0.2, 0.25) is 9.84 Å². The Kier molecular flexibility index (Phi) is 4.11. The summed E-state index contributed by atoms with van der Waals surface area (Å²) in [5, 5.41) is 9.13. The fourth-order valence-electron chi connectivity index (χ4n) is 1.71. The lowest BCUT2D eigenvalue weighted by Crippen LogP contribution is -2.03. The second-order valence-electron chi connectivity index (χ2n) is 4.17. The van der Waals surface area contributed by atoms with E-state index < -0.39 is 15.8 Å². The van der Waals surface area contributed by atoms with E-state index in [0.717, 1.165) is 0 Å². The molecule has 0 fully saturated rings. The van der Waals surface area contributed by atoms with Crippen molar-refractivity contribution in [2.24, 2.45) is 0 Å². The zero-order valence-electron chi connectivity index (χ0n) is 10.3. The number of hydrogen-bond donors (Lipinski definition) is 1. The molecule has 0 radical (unpaired) electrons. The van der Waals surface area contributed by atoms with Gasteiger partial charge in [-0.15, -0.1) is 0 Å². The summed E-state index contributed by atoms with van der Waals surface area (Å²) in [6, 6.07) is 11.7. The average Bonchev–Trinajstić information content (AvgIpc) is 2.39. The van der Waals surface area contributed by atoms with Crippen molar-refractivity contribution in [3.8, 4) is 0 Å². The highest BCUT2D eigenvalue weighted by atomic mass is 35.5. The van der Waals surface area contributed by atoms with Crippen LogP contribution < -0.4 is 0 Å². The van der Waals surface area contributed by atoms with E-state index >= 15 is 0 Å². The second-order valence-corrected chi connectivity index (χ2v) is 6.56. The van der Waals surface area contributed by atoms with Gasteiger partial charge in [-0.3, -0.25) is 4.79 Å². The SMILES string of the molecule is O=C(O)Cc1ccc(S(=O)(=O)c2ccc(Cl)cc2)cc1. The first kappa shape index (κ1) is 14.6. The van der Waals surface area contributed by atoms with Crippen molar-refractivity contribution in [2.45, 2.75) is 16.2 Å². The third-order valence-electron chi connectivity index (χ3n) is 2.71. The maximum Gasteiger partial charge on any atom is 0.307 e. The van der Waals surface area contributed by atoms with Gasteiger partial charge in [0.1, 0.15) is 0 Å². The molecule has 6 heteroatoms. The molecule has 2 aromatic rings. The largest absolute Gasteiger partial charge is 0.481 e. The van der Waals surface area contributed by atoms with Crippen molar-refractivity contribution in [3.63, 3.8) is 0 Å². The minimum absolute atomic E-state index is 0.119. The molecule has 0 bridgehead atoms. The van der Waals surface area contributed by atoms with Crippen molar-refractivity contribution in [2.75, 3.05) is 0 Å². The molecule has 0 amide bonds. The van der Waals surface area contributed by atoms with Crippen LogP contribution in [0.2, 0.25) is 5.02 Å². The molecule has 0 atom stereocenters. The van der Waals surface area contributed by atoms with Gasteiger partial charge < -0.3 is 5.11 Å². The van der Waals surface area contributed by atoms with Crippen LogP contribution in [-0.4, -0.2) is 19.5 Å². The minimum Gasteiger partial charge on any atom is -0.481 e. The summed E-state index contributed by atoms with van der Waals surface area (Å²) in [5.74, 6) is -0.960. The highest BCUT2D eigenvalue weighted by molar-refractivity contribution is 7.91. The predicted octanol–water partition coefficient (Wildman–Crippen LogP) is 2.80. The van der Waals surface area contributed by atoms with Crippen LogP contribution in [0.25, 0.3) is 0 Å². The van der Waals surface area contributed by atoms with Crippen LogP contribution >= 0.6 is 11.6 Å². The van der Waals surface area contributed by atoms with E-state index in [2.05, 4.69) is 0 Å². The van der Waals surface area contributed by atoms with E-state index in [9.17, 15) is 13.2 Å². The van der Waals surface area contributed by atoms with Gasteiger partial charge in [-0.2, -0.15) is 0 Å². The molecule has 0 saturated carbocycles. The number of halogens is 1. The average molecular weight is 311 g/mol. The molecule has 0 aromatic heterocycles. The van der Waals surface area contributed by atoms with Crippen molar-refractivity contribution in [1.82, 2.24) is 0 Å². The Hall–Kier alpha value is -1.85. The molecular weight excluding hydrogens is 300 g/mol. The summed E-state index contributed by atoms with van der Waals surface area (Å²) in [6.07, 6.45) is -0.138. The summed E-state index contributed by atoms with van der Waals surface area (Å²) >= 11 is 5.73. The van der Waals surface area contributed by atoms with E-state index in [1.807, 2.05) is 0 Å². The normalized spacial score (nSPS) is 11.2. The Bertz CT molecular complexity index is 719. The van der Waals surface area contributed by atoms with Gasteiger partial charge in [-0.25, -0.2) is 8.42 Å². The Morgan fingerprint density at radius 2 is 1.40 bits per heavy atom. The maximum absolute atomic E-state index is 12.3. The Balaban J connectivity index is 2.34. The smallest absolute Gasteiger partial charge is 0.307 e. The second kappa shape index (κ2) is 5.64. The molecule has 4 nitrogen and oxygen atoms in total. The number of carbonyl (C=O) groups is 1. The molecule has 0 spiro atoms. The lowest BCUT2D eigenvalue weighted by Gasteiger charge is -2.05. The van der Waals surface area contributed by atoms with E-state index in [1.54, 1.807) is 0 Å². The molecule has 0 saturated heterocycles. The van der Waals surface area contributed by atoms with E-state index in [0.29, 0.717) is 10.6 Å². The number of hydrogen-bond acceptors (Lipinski definition) is 3. The van der Waals surface area contributed by atoms with Crippen LogP contribution in [0.5, 0.6) is 0 Å². The Labute approximate surface area is 121 Å². The van der Waals surface area contributed by atoms with Gasteiger partial charge in [0, 0.05) is 5.02 Å². The van der Waals surface area contributed by atoms with Crippen LogP contribution in [0.4, 0.5) is 0 Å². The van der Waals surface area contributed by atoms with Gasteiger partial charge in [-0.1, -0.05) is 23.7 Å². The van der Waals surface area contributed by atoms with E-state index in [-0.39, 0.29) is 16.2 Å². The highest BCUT2D eigenvalue weighted by Crippen LogP contribution is 2.22. The van der Waals surface area contributed by atoms with Gasteiger partial charge >= 0.3 is 5.97 Å². The first-order valence-electron chi connectivity index (χ1n) is 5.71. The van der Waals surface area contributed by atoms with Crippen molar-refractivity contribution >= 4 is 27.4 Å². The van der Waals surface area contributed by atoms with Crippen LogP contribution in [0.3, 0.4) is 0 Å². The fraction of sp³-hybridized carbons (Fsp3) is 0.0714. The molecule has 2 aromatic carbocycles. The summed E-state index contributed by atoms with van der Waals surface area (Å²) in [4.78, 5) is 10.8. The number of aliphatic carboxylic acids is 1. The predicted molar refractivity (Wildman–Crippen MR) is 74.7 cm³/mol. The molecule has 0 heterocycles. The van der Waals surface area contributed by atoms with Crippen molar-refractivity contribution in [3.05, 3.63) is 59.1 Å². The van der Waals surface area contributed by atoms with Crippen LogP contribution in [0, 0.1) is 0 Å². The molecule has 0 aliphatic rings. The molecular formula is C14H11ClO4S. The summed E-state index contributed by atoms with van der Waals surface area (Å²) in [5.41, 5.74) is 0.549. The van der Waals surface area contributed by atoms with Crippen LogP contribution in [0.1, 0.15) is 5.56 Å². The number of sulfone groups is 1. The number of carboxylic acid groups (broad SMARTS) is 1. The van der Waals surface area contributed by atoms with Gasteiger partial charge in [0.25, 0.3) is 0 Å². The Morgan fingerprint density at radius 3 is 1.85 bits per heavy atom. The van der Waals surface area contributed by atoms with Gasteiger partial charge in [-0.05, 0) is 42.0 Å². The molecule has 0 unspecified atom stereocenters. The summed E-state index contributed by atoms with van der Waals surface area (Å²) in [6.45, 7) is 0. The van der Waals surface area contributed by atoms with Crippen LogP contribution in [-0.2, 0) is 21.1 Å². The third-order valence-corrected chi connectivity index (χ3v) is 4.75. The molecule has 1 N–H and O–H groups in total. The monoisotopic (exact) mass is 310 g/mol. The first-order valence-corrected chi connectivity index (χ1v) is 7.57. The maximum atomic E-state index is 12.3. The van der Waals surface area contributed by atoms with Crippen molar-refractivity contribution in [1.29, 1.82) is 0 Å². The topological polar surface area (TPSA) is 71.4 Å². The number of rotatable bonds is 4. The molecule has 0 aliphatic heterocycles. The minimum atomic E-state index is -3.61. The first-order chi connectivity index (χ1) is 9.39.